The average molecular weight is 412 g/mol. The van der Waals surface area contributed by atoms with Gasteiger partial charge in [0.05, 0.1) is 5.69 Å². The SMILES string of the molecule is C=CC(=O)Nc1ccc(-c2cc(Cc3ccccc3)cc(N=C(N)/C=C(/C)N)n2)cc1. The third kappa shape index (κ3) is 6.40. The summed E-state index contributed by atoms with van der Waals surface area (Å²) in [5.74, 6) is 0.534. The summed E-state index contributed by atoms with van der Waals surface area (Å²) in [5.41, 5.74) is 16.8. The van der Waals surface area contributed by atoms with Gasteiger partial charge in [-0.2, -0.15) is 0 Å². The van der Waals surface area contributed by atoms with E-state index < -0.39 is 0 Å². The lowest BCUT2D eigenvalue weighted by atomic mass is 10.0. The monoisotopic (exact) mass is 411 g/mol. The van der Waals surface area contributed by atoms with Crippen LogP contribution in [0.15, 0.2) is 96.2 Å². The Labute approximate surface area is 182 Å². The molecule has 0 radical (unpaired) electrons. The number of hydrogen-bond donors (Lipinski definition) is 3. The number of carbonyl (C=O) groups is 1. The molecule has 156 valence electrons. The zero-order valence-corrected chi connectivity index (χ0v) is 17.4. The second-order valence-corrected chi connectivity index (χ2v) is 7.08. The first-order valence-electron chi connectivity index (χ1n) is 9.79. The van der Waals surface area contributed by atoms with Crippen LogP contribution in [0.5, 0.6) is 0 Å². The number of amidine groups is 1. The van der Waals surface area contributed by atoms with Crippen molar-refractivity contribution in [2.45, 2.75) is 13.3 Å². The van der Waals surface area contributed by atoms with Gasteiger partial charge in [0.25, 0.3) is 0 Å². The molecule has 0 fully saturated rings. The summed E-state index contributed by atoms with van der Waals surface area (Å²) in [5, 5.41) is 2.74. The largest absolute Gasteiger partial charge is 0.402 e. The number of allylic oxidation sites excluding steroid dienone is 1. The van der Waals surface area contributed by atoms with Crippen LogP contribution in [0.25, 0.3) is 11.3 Å². The van der Waals surface area contributed by atoms with E-state index in [4.69, 9.17) is 11.5 Å². The number of nitrogens with zero attached hydrogens (tertiary/aromatic N) is 2. The van der Waals surface area contributed by atoms with Gasteiger partial charge in [-0.05, 0) is 60.9 Å². The Morgan fingerprint density at radius 3 is 2.42 bits per heavy atom. The molecule has 0 aliphatic carbocycles. The lowest BCUT2D eigenvalue weighted by Gasteiger charge is -2.09. The quantitative estimate of drug-likeness (QED) is 0.306. The smallest absolute Gasteiger partial charge is 0.247 e. The van der Waals surface area contributed by atoms with Crippen LogP contribution >= 0.6 is 0 Å². The van der Waals surface area contributed by atoms with Gasteiger partial charge in [0.1, 0.15) is 5.84 Å². The van der Waals surface area contributed by atoms with Crippen molar-refractivity contribution < 1.29 is 4.79 Å². The summed E-state index contributed by atoms with van der Waals surface area (Å²) in [7, 11) is 0. The van der Waals surface area contributed by atoms with Crippen molar-refractivity contribution in [1.82, 2.24) is 4.98 Å². The van der Waals surface area contributed by atoms with E-state index in [1.165, 1.54) is 11.6 Å². The van der Waals surface area contributed by atoms with Crippen molar-refractivity contribution in [3.63, 3.8) is 0 Å². The van der Waals surface area contributed by atoms with Gasteiger partial charge in [0.15, 0.2) is 5.82 Å². The van der Waals surface area contributed by atoms with Crippen LogP contribution in [0, 0.1) is 0 Å². The summed E-state index contributed by atoms with van der Waals surface area (Å²) in [4.78, 5) is 20.6. The molecule has 1 amide bonds. The molecule has 0 atom stereocenters. The second kappa shape index (κ2) is 10.0. The lowest BCUT2D eigenvalue weighted by molar-refractivity contribution is -0.111. The minimum absolute atomic E-state index is 0.258. The zero-order chi connectivity index (χ0) is 22.2. The molecule has 0 spiro atoms. The topological polar surface area (TPSA) is 106 Å². The average Bonchev–Trinajstić information content (AvgIpc) is 2.74. The van der Waals surface area contributed by atoms with E-state index in [0.29, 0.717) is 17.2 Å². The number of nitrogens with one attached hydrogen (secondary N) is 1. The fraction of sp³-hybridized carbons (Fsp3) is 0.0800. The summed E-state index contributed by atoms with van der Waals surface area (Å²) in [6, 6.07) is 21.6. The molecular weight excluding hydrogens is 386 g/mol. The Balaban J connectivity index is 1.99. The van der Waals surface area contributed by atoms with E-state index in [-0.39, 0.29) is 11.7 Å². The van der Waals surface area contributed by atoms with E-state index in [0.717, 1.165) is 23.2 Å². The number of pyridine rings is 1. The molecule has 31 heavy (non-hydrogen) atoms. The Morgan fingerprint density at radius 2 is 1.77 bits per heavy atom. The van der Waals surface area contributed by atoms with Gasteiger partial charge in [0.2, 0.25) is 5.91 Å². The minimum Gasteiger partial charge on any atom is -0.402 e. The number of aromatic nitrogens is 1. The molecule has 2 aromatic carbocycles. The van der Waals surface area contributed by atoms with Gasteiger partial charge in [-0.1, -0.05) is 49.0 Å². The second-order valence-electron chi connectivity index (χ2n) is 7.08. The maximum atomic E-state index is 11.5. The van der Waals surface area contributed by atoms with Gasteiger partial charge in [-0.3, -0.25) is 4.79 Å². The van der Waals surface area contributed by atoms with Crippen LogP contribution in [-0.4, -0.2) is 16.7 Å². The first-order valence-corrected chi connectivity index (χ1v) is 9.79. The highest BCUT2D eigenvalue weighted by Crippen LogP contribution is 2.25. The molecule has 1 heterocycles. The molecule has 0 saturated carbocycles. The molecule has 0 bridgehead atoms. The van der Waals surface area contributed by atoms with Gasteiger partial charge in [0, 0.05) is 16.9 Å². The molecule has 6 nitrogen and oxygen atoms in total. The maximum Gasteiger partial charge on any atom is 0.247 e. The molecule has 0 unspecified atom stereocenters. The van der Waals surface area contributed by atoms with E-state index in [1.807, 2.05) is 54.6 Å². The summed E-state index contributed by atoms with van der Waals surface area (Å²) in [6.07, 6.45) is 3.56. The van der Waals surface area contributed by atoms with Crippen LogP contribution in [0.4, 0.5) is 11.5 Å². The Morgan fingerprint density at radius 1 is 1.06 bits per heavy atom. The van der Waals surface area contributed by atoms with Gasteiger partial charge in [-0.15, -0.1) is 0 Å². The summed E-state index contributed by atoms with van der Waals surface area (Å²) >= 11 is 0. The van der Waals surface area contributed by atoms with Crippen molar-refractivity contribution in [3.8, 4) is 11.3 Å². The van der Waals surface area contributed by atoms with Crippen molar-refractivity contribution >= 4 is 23.2 Å². The Hall–Kier alpha value is -4.19. The third-order valence-electron chi connectivity index (χ3n) is 4.38. The predicted molar refractivity (Wildman–Crippen MR) is 127 cm³/mol. The highest BCUT2D eigenvalue weighted by molar-refractivity contribution is 5.99. The van der Waals surface area contributed by atoms with E-state index in [1.54, 1.807) is 13.0 Å². The first kappa shape index (κ1) is 21.5. The highest BCUT2D eigenvalue weighted by Gasteiger charge is 2.07. The molecule has 5 N–H and O–H groups in total. The molecule has 0 saturated heterocycles. The molecule has 6 heteroatoms. The summed E-state index contributed by atoms with van der Waals surface area (Å²) in [6.45, 7) is 5.21. The van der Waals surface area contributed by atoms with Gasteiger partial charge in [-0.25, -0.2) is 9.98 Å². The highest BCUT2D eigenvalue weighted by atomic mass is 16.1. The van der Waals surface area contributed by atoms with E-state index in [9.17, 15) is 4.79 Å². The molecule has 3 aromatic rings. The maximum absolute atomic E-state index is 11.5. The minimum atomic E-state index is -0.258. The summed E-state index contributed by atoms with van der Waals surface area (Å²) < 4.78 is 0. The van der Waals surface area contributed by atoms with Crippen LogP contribution in [0.1, 0.15) is 18.1 Å². The fourth-order valence-electron chi connectivity index (χ4n) is 3.03. The van der Waals surface area contributed by atoms with Crippen LogP contribution in [-0.2, 0) is 11.2 Å². The van der Waals surface area contributed by atoms with E-state index >= 15 is 0 Å². The molecule has 3 rings (SSSR count). The van der Waals surface area contributed by atoms with E-state index in [2.05, 4.69) is 34.0 Å². The number of aliphatic imine (C=N–C) groups is 1. The zero-order valence-electron chi connectivity index (χ0n) is 17.4. The van der Waals surface area contributed by atoms with Gasteiger partial charge >= 0.3 is 0 Å². The molecule has 0 aliphatic heterocycles. The number of benzene rings is 2. The first-order chi connectivity index (χ1) is 14.9. The van der Waals surface area contributed by atoms with Crippen molar-refractivity contribution in [3.05, 3.63) is 102 Å². The van der Waals surface area contributed by atoms with Crippen molar-refractivity contribution in [2.24, 2.45) is 16.5 Å². The van der Waals surface area contributed by atoms with Crippen molar-refractivity contribution in [2.75, 3.05) is 5.32 Å². The molecular formula is C25H25N5O. The number of amides is 1. The van der Waals surface area contributed by atoms with Crippen molar-refractivity contribution in [1.29, 1.82) is 0 Å². The third-order valence-corrected chi connectivity index (χ3v) is 4.38. The van der Waals surface area contributed by atoms with Gasteiger partial charge < -0.3 is 16.8 Å². The number of nitrogens with two attached hydrogens (primary N) is 2. The Kier molecular flexibility index (Phi) is 6.96. The standard InChI is InChI=1S/C25H25N5O/c1-3-25(31)28-21-11-9-20(10-12-21)22-15-19(14-18-7-5-4-6-8-18)16-24(29-22)30-23(27)13-17(2)26/h3-13,15-16H,1,14,26H2,2H3,(H,28,31)(H2,27,29,30)/b17-13-. The number of carbonyl (C=O) groups excluding carboxylic acids is 1. The fourth-order valence-corrected chi connectivity index (χ4v) is 3.03. The lowest BCUT2D eigenvalue weighted by Crippen LogP contribution is -2.10. The normalized spacial score (nSPS) is 11.8. The predicted octanol–water partition coefficient (Wildman–Crippen LogP) is 4.32. The number of hydrogen-bond acceptors (Lipinski definition) is 4. The Bertz CT molecular complexity index is 1130. The number of rotatable bonds is 7. The van der Waals surface area contributed by atoms with Crippen LogP contribution in [0.2, 0.25) is 0 Å². The number of anilines is 1. The molecule has 0 aliphatic rings. The van der Waals surface area contributed by atoms with Crippen LogP contribution < -0.4 is 16.8 Å². The molecule has 1 aromatic heterocycles. The van der Waals surface area contributed by atoms with Crippen LogP contribution in [0.3, 0.4) is 0 Å².